The number of nitrogens with zero attached hydrogens (tertiary/aromatic N) is 1. The van der Waals surface area contributed by atoms with Crippen LogP contribution in [0, 0.1) is 6.92 Å². The molecule has 0 radical (unpaired) electrons. The molecule has 3 rings (SSSR count). The number of hydrogen-bond donors (Lipinski definition) is 2. The summed E-state index contributed by atoms with van der Waals surface area (Å²) in [5.41, 5.74) is 11.1. The van der Waals surface area contributed by atoms with E-state index in [9.17, 15) is 0 Å². The molecule has 0 saturated carbocycles. The van der Waals surface area contributed by atoms with Crippen molar-refractivity contribution in [2.24, 2.45) is 0 Å². The highest BCUT2D eigenvalue weighted by molar-refractivity contribution is 9.10. The van der Waals surface area contributed by atoms with Crippen LogP contribution in [0.4, 0.5) is 17.1 Å². The van der Waals surface area contributed by atoms with Crippen molar-refractivity contribution >= 4 is 54.5 Å². The normalized spacial score (nSPS) is 11.0. The first-order chi connectivity index (χ1) is 10.1. The third-order valence-corrected chi connectivity index (χ3v) is 4.81. The van der Waals surface area contributed by atoms with Gasteiger partial charge < -0.3 is 11.1 Å². The quantitative estimate of drug-likeness (QED) is 0.625. The minimum atomic E-state index is 0.746. The molecule has 0 spiro atoms. The van der Waals surface area contributed by atoms with Gasteiger partial charge in [-0.25, -0.2) is 4.98 Å². The predicted molar refractivity (Wildman–Crippen MR) is 95.6 cm³/mol. The Bertz CT molecular complexity index is 811. The summed E-state index contributed by atoms with van der Waals surface area (Å²) in [7, 11) is 0. The molecule has 0 unspecified atom stereocenters. The fraction of sp³-hybridized carbons (Fsp3) is 0.188. The lowest BCUT2D eigenvalue weighted by atomic mass is 10.1. The number of thiazole rings is 1. The van der Waals surface area contributed by atoms with Gasteiger partial charge in [0.1, 0.15) is 0 Å². The summed E-state index contributed by atoms with van der Waals surface area (Å²) in [5, 5.41) is 4.49. The molecule has 0 amide bonds. The largest absolute Gasteiger partial charge is 0.397 e. The Morgan fingerprint density at radius 2 is 2.05 bits per heavy atom. The molecule has 0 aliphatic rings. The second-order valence-electron chi connectivity index (χ2n) is 4.92. The summed E-state index contributed by atoms with van der Waals surface area (Å²) in [6.07, 6.45) is 0.958. The Labute approximate surface area is 136 Å². The van der Waals surface area contributed by atoms with E-state index in [4.69, 9.17) is 5.73 Å². The molecule has 1 heterocycles. The van der Waals surface area contributed by atoms with E-state index < -0.39 is 0 Å². The lowest BCUT2D eigenvalue weighted by Crippen LogP contribution is -1.99. The molecule has 1 aromatic heterocycles. The van der Waals surface area contributed by atoms with Crippen LogP contribution in [0.1, 0.15) is 17.5 Å². The highest BCUT2D eigenvalue weighted by Crippen LogP contribution is 2.33. The number of nitrogens with two attached hydrogens (primary N) is 1. The molecule has 0 saturated heterocycles. The van der Waals surface area contributed by atoms with Gasteiger partial charge in [0, 0.05) is 10.2 Å². The van der Waals surface area contributed by atoms with Gasteiger partial charge in [-0.1, -0.05) is 22.9 Å². The average Bonchev–Trinajstić information content (AvgIpc) is 2.80. The first-order valence-electron chi connectivity index (χ1n) is 6.79. The lowest BCUT2D eigenvalue weighted by Gasteiger charge is -2.13. The fourth-order valence-electron chi connectivity index (χ4n) is 2.33. The summed E-state index contributed by atoms with van der Waals surface area (Å²) in [5.74, 6) is 0. The van der Waals surface area contributed by atoms with Gasteiger partial charge in [-0.15, -0.1) is 11.3 Å². The maximum atomic E-state index is 6.17. The molecule has 3 aromatic rings. The number of benzene rings is 2. The Morgan fingerprint density at radius 3 is 2.81 bits per heavy atom. The average molecular weight is 362 g/mol. The minimum Gasteiger partial charge on any atom is -0.397 e. The van der Waals surface area contributed by atoms with Crippen LogP contribution in [0.15, 0.2) is 34.8 Å². The SMILES string of the molecule is CCc1cc(Br)ccc1Nc1cc2nc(C)sc2cc1N. The van der Waals surface area contributed by atoms with Crippen LogP contribution in [-0.4, -0.2) is 4.98 Å². The Kier molecular flexibility index (Phi) is 3.87. The van der Waals surface area contributed by atoms with Crippen molar-refractivity contribution in [2.75, 3.05) is 11.1 Å². The summed E-state index contributed by atoms with van der Waals surface area (Å²) >= 11 is 5.18. The van der Waals surface area contributed by atoms with E-state index in [2.05, 4.69) is 45.3 Å². The molecule has 0 bridgehead atoms. The second-order valence-corrected chi connectivity index (χ2v) is 7.07. The summed E-state index contributed by atoms with van der Waals surface area (Å²) in [6, 6.07) is 10.2. The molecular weight excluding hydrogens is 346 g/mol. The third-order valence-electron chi connectivity index (χ3n) is 3.38. The molecule has 3 nitrogen and oxygen atoms in total. The smallest absolute Gasteiger partial charge is 0.0907 e. The van der Waals surface area contributed by atoms with Gasteiger partial charge in [0.05, 0.1) is 26.6 Å². The Balaban J connectivity index is 2.03. The molecule has 21 heavy (non-hydrogen) atoms. The van der Waals surface area contributed by atoms with E-state index in [0.717, 1.165) is 43.2 Å². The van der Waals surface area contributed by atoms with E-state index in [1.807, 2.05) is 25.1 Å². The molecular formula is C16H16BrN3S. The summed E-state index contributed by atoms with van der Waals surface area (Å²) in [6.45, 7) is 4.15. The number of anilines is 3. The van der Waals surface area contributed by atoms with Gasteiger partial charge in [-0.05, 0) is 49.2 Å². The van der Waals surface area contributed by atoms with Gasteiger partial charge in [0.2, 0.25) is 0 Å². The van der Waals surface area contributed by atoms with Gasteiger partial charge in [-0.2, -0.15) is 0 Å². The number of hydrogen-bond acceptors (Lipinski definition) is 4. The maximum Gasteiger partial charge on any atom is 0.0907 e. The van der Waals surface area contributed by atoms with E-state index in [0.29, 0.717) is 0 Å². The highest BCUT2D eigenvalue weighted by Gasteiger charge is 2.08. The fourth-order valence-corrected chi connectivity index (χ4v) is 3.60. The van der Waals surface area contributed by atoms with Crippen molar-refractivity contribution in [1.82, 2.24) is 4.98 Å². The zero-order valence-corrected chi connectivity index (χ0v) is 14.3. The molecule has 0 fully saturated rings. The minimum absolute atomic E-state index is 0.746. The standard InChI is InChI=1S/C16H16BrN3S/c1-3-10-6-11(17)4-5-13(10)20-14-8-15-16(7-12(14)18)21-9(2)19-15/h4-8,20H,3,18H2,1-2H3. The number of nitrogens with one attached hydrogen (secondary N) is 1. The van der Waals surface area contributed by atoms with E-state index in [1.165, 1.54) is 5.56 Å². The zero-order valence-electron chi connectivity index (χ0n) is 11.9. The number of nitrogen functional groups attached to an aromatic ring is 1. The van der Waals surface area contributed by atoms with Crippen molar-refractivity contribution in [2.45, 2.75) is 20.3 Å². The molecule has 3 N–H and O–H groups in total. The van der Waals surface area contributed by atoms with Gasteiger partial charge >= 0.3 is 0 Å². The van der Waals surface area contributed by atoms with Crippen LogP contribution in [0.5, 0.6) is 0 Å². The van der Waals surface area contributed by atoms with Gasteiger partial charge in [-0.3, -0.25) is 0 Å². The monoisotopic (exact) mass is 361 g/mol. The third kappa shape index (κ3) is 2.89. The van der Waals surface area contributed by atoms with Crippen molar-refractivity contribution in [1.29, 1.82) is 0 Å². The van der Waals surface area contributed by atoms with Crippen LogP contribution in [0.2, 0.25) is 0 Å². The lowest BCUT2D eigenvalue weighted by molar-refractivity contribution is 1.14. The topological polar surface area (TPSA) is 50.9 Å². The first kappa shape index (κ1) is 14.4. The molecule has 5 heteroatoms. The van der Waals surface area contributed by atoms with Crippen molar-refractivity contribution in [3.8, 4) is 0 Å². The van der Waals surface area contributed by atoms with Crippen LogP contribution in [0.3, 0.4) is 0 Å². The highest BCUT2D eigenvalue weighted by atomic mass is 79.9. The second kappa shape index (κ2) is 5.66. The number of rotatable bonds is 3. The Hall–Kier alpha value is -1.59. The number of halogens is 1. The Morgan fingerprint density at radius 1 is 1.24 bits per heavy atom. The summed E-state index contributed by atoms with van der Waals surface area (Å²) in [4.78, 5) is 4.53. The molecule has 108 valence electrons. The van der Waals surface area contributed by atoms with Crippen molar-refractivity contribution in [3.63, 3.8) is 0 Å². The zero-order chi connectivity index (χ0) is 15.0. The van der Waals surface area contributed by atoms with Gasteiger partial charge in [0.25, 0.3) is 0 Å². The number of aryl methyl sites for hydroxylation is 2. The van der Waals surface area contributed by atoms with Gasteiger partial charge in [0.15, 0.2) is 0 Å². The molecule has 0 atom stereocenters. The van der Waals surface area contributed by atoms with Crippen LogP contribution in [0.25, 0.3) is 10.2 Å². The maximum absolute atomic E-state index is 6.17. The molecule has 0 aliphatic heterocycles. The number of fused-ring (bicyclic) bond motifs is 1. The van der Waals surface area contributed by atoms with Crippen molar-refractivity contribution < 1.29 is 0 Å². The van der Waals surface area contributed by atoms with E-state index in [-0.39, 0.29) is 0 Å². The number of aromatic nitrogens is 1. The van der Waals surface area contributed by atoms with E-state index >= 15 is 0 Å². The van der Waals surface area contributed by atoms with Crippen LogP contribution in [-0.2, 0) is 6.42 Å². The van der Waals surface area contributed by atoms with Crippen molar-refractivity contribution in [3.05, 3.63) is 45.4 Å². The molecule has 2 aromatic carbocycles. The molecule has 0 aliphatic carbocycles. The van der Waals surface area contributed by atoms with E-state index in [1.54, 1.807) is 11.3 Å². The van der Waals surface area contributed by atoms with Crippen LogP contribution >= 0.6 is 27.3 Å². The first-order valence-corrected chi connectivity index (χ1v) is 8.40. The summed E-state index contributed by atoms with van der Waals surface area (Å²) < 4.78 is 2.21. The predicted octanol–water partition coefficient (Wildman–Crippen LogP) is 5.26. The van der Waals surface area contributed by atoms with Crippen LogP contribution < -0.4 is 11.1 Å².